The molecule has 0 aliphatic rings. The van der Waals surface area contributed by atoms with Crippen molar-refractivity contribution in [3.8, 4) is 0 Å². The molecule has 2 aromatic rings. The van der Waals surface area contributed by atoms with Crippen LogP contribution in [-0.4, -0.2) is 20.9 Å². The quantitative estimate of drug-likeness (QED) is 0.576. The number of aromatic nitrogens is 3. The molecule has 0 unspecified atom stereocenters. The summed E-state index contributed by atoms with van der Waals surface area (Å²) in [5.74, 6) is -0.0591. The normalized spacial score (nSPS) is 11.4. The summed E-state index contributed by atoms with van der Waals surface area (Å²) < 4.78 is 0.925. The first kappa shape index (κ1) is 14.5. The third-order valence-corrected chi connectivity index (χ3v) is 7.74. The van der Waals surface area contributed by atoms with Gasteiger partial charge in [-0.25, -0.2) is 0 Å². The number of carbonyl (C=O) groups is 1. The van der Waals surface area contributed by atoms with Crippen LogP contribution in [0, 0.1) is 5.41 Å². The van der Waals surface area contributed by atoms with Gasteiger partial charge in [0.2, 0.25) is 0 Å². The van der Waals surface area contributed by atoms with E-state index in [2.05, 4.69) is 20.3 Å². The van der Waals surface area contributed by atoms with E-state index in [1.165, 1.54) is 0 Å². The summed E-state index contributed by atoms with van der Waals surface area (Å²) in [5, 5.41) is 3.08. The molecule has 0 fully saturated rings. The van der Waals surface area contributed by atoms with E-state index in [0.717, 1.165) is 3.20 Å². The summed E-state index contributed by atoms with van der Waals surface area (Å²) in [6.07, 6.45) is 0. The van der Waals surface area contributed by atoms with Crippen LogP contribution in [0.5, 0.6) is 0 Å². The fourth-order valence-corrected chi connectivity index (χ4v) is 4.77. The summed E-state index contributed by atoms with van der Waals surface area (Å²) >= 11 is -1.60. The zero-order valence-corrected chi connectivity index (χ0v) is 17.2. The average molecular weight is 469 g/mol. The molecule has 2 rings (SSSR count). The Morgan fingerprint density at radius 2 is 2.11 bits per heavy atom. The van der Waals surface area contributed by atoms with Crippen molar-refractivity contribution >= 4 is 34.3 Å². The Balaban J connectivity index is 2.41. The number of fused-ring (bicyclic) bond motifs is 1. The van der Waals surface area contributed by atoms with Gasteiger partial charge in [-0.15, -0.1) is 0 Å². The fourth-order valence-electron chi connectivity index (χ4n) is 1.50. The van der Waals surface area contributed by atoms with E-state index < -0.39 is 28.8 Å². The number of nitrogens with one attached hydrogen (secondary N) is 3. The van der Waals surface area contributed by atoms with E-state index in [9.17, 15) is 9.59 Å². The van der Waals surface area contributed by atoms with Crippen LogP contribution in [0.3, 0.4) is 0 Å². The summed E-state index contributed by atoms with van der Waals surface area (Å²) in [6, 6.07) is 1.74. The monoisotopic (exact) mass is 470 g/mol. The SMILES string of the molecule is CC(C)(C)C(=O)Nc1nc2[nH][c]([Hg][Cl])cc2c(=O)[nH]1. The van der Waals surface area contributed by atoms with E-state index >= 15 is 0 Å². The molecular formula is C11H13ClHgN4O2. The van der Waals surface area contributed by atoms with Gasteiger partial charge in [0.25, 0.3) is 0 Å². The van der Waals surface area contributed by atoms with Crippen molar-refractivity contribution in [1.82, 2.24) is 15.0 Å². The predicted octanol–water partition coefficient (Wildman–Crippen LogP) is 1.10. The summed E-state index contributed by atoms with van der Waals surface area (Å²) in [6.45, 7) is 5.36. The third kappa shape index (κ3) is 3.17. The summed E-state index contributed by atoms with van der Waals surface area (Å²) in [7, 11) is 5.92. The fraction of sp³-hybridized carbons (Fsp3) is 0.364. The molecular weight excluding hydrogens is 456 g/mol. The van der Waals surface area contributed by atoms with Gasteiger partial charge in [0.15, 0.2) is 0 Å². The van der Waals surface area contributed by atoms with Crippen LogP contribution in [0.4, 0.5) is 5.95 Å². The van der Waals surface area contributed by atoms with E-state index in [-0.39, 0.29) is 17.4 Å². The van der Waals surface area contributed by atoms with Crippen molar-refractivity contribution in [2.24, 2.45) is 5.41 Å². The number of halogens is 1. The predicted molar refractivity (Wildman–Crippen MR) is 70.3 cm³/mol. The van der Waals surface area contributed by atoms with Gasteiger partial charge in [0.1, 0.15) is 0 Å². The Hall–Kier alpha value is -0.885. The second-order valence-electron chi connectivity index (χ2n) is 5.31. The number of hydrogen-bond acceptors (Lipinski definition) is 3. The molecule has 98 valence electrons. The number of carbonyl (C=O) groups excluding carboxylic acids is 1. The standard InChI is InChI=1S/C11H13N4O2.ClH.Hg/c1-11(2,3)9(17)15-10-13-7-6(4-5-12-7)8(16)14-10;;/h4H,1-3H3,(H3,12,13,14,15,16,17);1H;/q;;+1/p-1. The first-order chi connectivity index (χ1) is 8.81. The topological polar surface area (TPSA) is 90.6 Å². The number of aromatic amines is 2. The maximum absolute atomic E-state index is 11.9. The molecule has 19 heavy (non-hydrogen) atoms. The Bertz CT molecular complexity index is 686. The molecule has 0 aromatic carbocycles. The van der Waals surface area contributed by atoms with Crippen molar-refractivity contribution in [2.75, 3.05) is 5.32 Å². The van der Waals surface area contributed by atoms with Crippen molar-refractivity contribution in [3.05, 3.63) is 16.4 Å². The number of amides is 1. The zero-order valence-electron chi connectivity index (χ0n) is 10.9. The van der Waals surface area contributed by atoms with Gasteiger partial charge in [-0.2, -0.15) is 0 Å². The second kappa shape index (κ2) is 5.24. The summed E-state index contributed by atoms with van der Waals surface area (Å²) in [5.41, 5.74) is -0.374. The van der Waals surface area contributed by atoms with Crippen LogP contribution in [-0.2, 0) is 28.1 Å². The zero-order chi connectivity index (χ0) is 14.2. The molecule has 0 radical (unpaired) electrons. The molecule has 2 heterocycles. The van der Waals surface area contributed by atoms with Crippen LogP contribution < -0.4 is 14.1 Å². The van der Waals surface area contributed by atoms with Crippen LogP contribution in [0.1, 0.15) is 20.8 Å². The van der Waals surface area contributed by atoms with Crippen LogP contribution >= 0.6 is 8.25 Å². The van der Waals surface area contributed by atoms with Crippen molar-refractivity contribution in [1.29, 1.82) is 0 Å². The van der Waals surface area contributed by atoms with E-state index in [1.807, 2.05) is 0 Å². The minimum atomic E-state index is -1.60. The molecule has 8 heteroatoms. The second-order valence-corrected chi connectivity index (χ2v) is 11.7. The molecule has 0 aliphatic heterocycles. The summed E-state index contributed by atoms with van der Waals surface area (Å²) in [4.78, 5) is 33.5. The van der Waals surface area contributed by atoms with Gasteiger partial charge >= 0.3 is 125 Å². The Labute approximate surface area is 125 Å². The number of hydrogen-bond donors (Lipinski definition) is 3. The molecule has 0 saturated carbocycles. The Morgan fingerprint density at radius 3 is 2.68 bits per heavy atom. The number of rotatable bonds is 2. The van der Waals surface area contributed by atoms with Crippen molar-refractivity contribution < 1.29 is 28.1 Å². The molecule has 0 atom stereocenters. The van der Waals surface area contributed by atoms with E-state index in [1.54, 1.807) is 26.8 Å². The first-order valence-corrected chi connectivity index (χ1v) is 15.3. The minimum absolute atomic E-state index is 0.150. The molecule has 1 amide bonds. The van der Waals surface area contributed by atoms with Crippen LogP contribution in [0.2, 0.25) is 0 Å². The van der Waals surface area contributed by atoms with Crippen molar-refractivity contribution in [3.63, 3.8) is 0 Å². The first-order valence-electron chi connectivity index (χ1n) is 5.80. The molecule has 0 bridgehead atoms. The molecule has 0 aliphatic carbocycles. The van der Waals surface area contributed by atoms with Gasteiger partial charge in [-0.3, -0.25) is 0 Å². The molecule has 0 spiro atoms. The molecule has 6 nitrogen and oxygen atoms in total. The maximum atomic E-state index is 11.9. The molecule has 2 aromatic heterocycles. The van der Waals surface area contributed by atoms with Gasteiger partial charge in [-0.1, -0.05) is 0 Å². The van der Waals surface area contributed by atoms with Gasteiger partial charge in [0.05, 0.1) is 0 Å². The van der Waals surface area contributed by atoms with E-state index in [4.69, 9.17) is 8.25 Å². The van der Waals surface area contributed by atoms with Crippen molar-refractivity contribution in [2.45, 2.75) is 20.8 Å². The van der Waals surface area contributed by atoms with Crippen LogP contribution in [0.25, 0.3) is 11.0 Å². The third-order valence-electron chi connectivity index (χ3n) is 2.61. The Kier molecular flexibility index (Phi) is 4.01. The number of nitrogens with zero attached hydrogens (tertiary/aromatic N) is 1. The molecule has 0 saturated heterocycles. The van der Waals surface area contributed by atoms with Gasteiger partial charge in [0, 0.05) is 0 Å². The average Bonchev–Trinajstić information content (AvgIpc) is 2.71. The Morgan fingerprint density at radius 1 is 1.42 bits per heavy atom. The molecule has 3 N–H and O–H groups in total. The van der Waals surface area contributed by atoms with Gasteiger partial charge in [-0.05, 0) is 0 Å². The van der Waals surface area contributed by atoms with E-state index in [0.29, 0.717) is 11.0 Å². The van der Waals surface area contributed by atoms with Gasteiger partial charge < -0.3 is 0 Å². The number of H-pyrrole nitrogens is 2. The number of anilines is 1. The van der Waals surface area contributed by atoms with Crippen LogP contribution in [0.15, 0.2) is 10.9 Å².